The Balaban J connectivity index is 0.00000256. The highest BCUT2D eigenvalue weighted by atomic mass is 35.5. The lowest BCUT2D eigenvalue weighted by molar-refractivity contribution is 0.131. The molecule has 0 aromatic heterocycles. The zero-order valence-electron chi connectivity index (χ0n) is 16.7. The molecular formula is C25H26ClNO3. The van der Waals surface area contributed by atoms with Crippen LogP contribution in [0.1, 0.15) is 29.0 Å². The highest BCUT2D eigenvalue weighted by Crippen LogP contribution is 2.44. The number of ether oxygens (including phenoxy) is 1. The number of aryl methyl sites for hydroxylation is 1. The molecule has 0 unspecified atom stereocenters. The molecule has 0 spiro atoms. The number of halogens is 1. The molecule has 0 radical (unpaired) electrons. The van der Waals surface area contributed by atoms with E-state index in [2.05, 4.69) is 29.6 Å². The average molecular weight is 424 g/mol. The lowest BCUT2D eigenvalue weighted by atomic mass is 9.98. The number of benzene rings is 3. The molecule has 5 heteroatoms. The van der Waals surface area contributed by atoms with E-state index in [1.54, 1.807) is 0 Å². The summed E-state index contributed by atoms with van der Waals surface area (Å²) in [6, 6.07) is 26.2. The Bertz CT molecular complexity index is 931. The van der Waals surface area contributed by atoms with Crippen molar-refractivity contribution in [3.8, 4) is 11.1 Å². The van der Waals surface area contributed by atoms with E-state index in [0.717, 1.165) is 6.42 Å². The van der Waals surface area contributed by atoms with E-state index in [0.29, 0.717) is 6.42 Å². The van der Waals surface area contributed by atoms with Crippen molar-refractivity contribution in [2.45, 2.75) is 24.8 Å². The molecule has 1 atom stereocenters. The van der Waals surface area contributed by atoms with Crippen LogP contribution in [0.3, 0.4) is 0 Å². The molecule has 0 heterocycles. The minimum atomic E-state index is -0.487. The lowest BCUT2D eigenvalue weighted by Gasteiger charge is -2.18. The smallest absolute Gasteiger partial charge is 0.407 e. The Labute approximate surface area is 183 Å². The minimum Gasteiger partial charge on any atom is -0.449 e. The standard InChI is InChI=1S/C25H25NO3.ClH/c27-16-19(15-14-18-8-2-1-3-9-18)26-25(28)29-17-24-22-12-6-4-10-20(22)21-11-5-7-13-23(21)24;/h1-13,19,24,27H,14-17H2,(H,26,28);1H/t19-;/m1./s1. The lowest BCUT2D eigenvalue weighted by Crippen LogP contribution is -2.38. The number of carbonyl (C=O) groups excluding carboxylic acids is 1. The highest BCUT2D eigenvalue weighted by molar-refractivity contribution is 5.85. The predicted octanol–water partition coefficient (Wildman–Crippen LogP) is 4.94. The normalized spacial score (nSPS) is 13.0. The fourth-order valence-electron chi connectivity index (χ4n) is 4.00. The van der Waals surface area contributed by atoms with Crippen LogP contribution >= 0.6 is 12.4 Å². The number of amides is 1. The van der Waals surface area contributed by atoms with E-state index >= 15 is 0 Å². The summed E-state index contributed by atoms with van der Waals surface area (Å²) in [5.41, 5.74) is 5.95. The van der Waals surface area contributed by atoms with Gasteiger partial charge in [0.05, 0.1) is 12.6 Å². The van der Waals surface area contributed by atoms with Gasteiger partial charge < -0.3 is 15.2 Å². The third-order valence-corrected chi connectivity index (χ3v) is 5.51. The molecular weight excluding hydrogens is 398 g/mol. The van der Waals surface area contributed by atoms with Gasteiger partial charge in [-0.2, -0.15) is 0 Å². The largest absolute Gasteiger partial charge is 0.449 e. The summed E-state index contributed by atoms with van der Waals surface area (Å²) in [7, 11) is 0. The number of fused-ring (bicyclic) bond motifs is 3. The van der Waals surface area contributed by atoms with Crippen molar-refractivity contribution in [1.29, 1.82) is 0 Å². The van der Waals surface area contributed by atoms with Gasteiger partial charge in [-0.05, 0) is 40.7 Å². The molecule has 1 aliphatic carbocycles. The number of rotatable bonds is 7. The van der Waals surface area contributed by atoms with E-state index in [4.69, 9.17) is 4.74 Å². The molecule has 156 valence electrons. The van der Waals surface area contributed by atoms with Crippen LogP contribution in [-0.2, 0) is 11.2 Å². The molecule has 3 aromatic rings. The summed E-state index contributed by atoms with van der Waals surface area (Å²) in [6.45, 7) is 0.160. The molecule has 0 fully saturated rings. The van der Waals surface area contributed by atoms with Gasteiger partial charge >= 0.3 is 6.09 Å². The second-order valence-electron chi connectivity index (χ2n) is 7.37. The Kier molecular flexibility index (Phi) is 7.50. The van der Waals surface area contributed by atoms with Gasteiger partial charge in [0.15, 0.2) is 0 Å². The van der Waals surface area contributed by atoms with Crippen molar-refractivity contribution in [1.82, 2.24) is 5.32 Å². The Hall–Kier alpha value is -2.82. The van der Waals surface area contributed by atoms with Crippen LogP contribution in [0.25, 0.3) is 11.1 Å². The van der Waals surface area contributed by atoms with Gasteiger partial charge in [-0.25, -0.2) is 4.79 Å². The zero-order valence-corrected chi connectivity index (χ0v) is 17.5. The molecule has 30 heavy (non-hydrogen) atoms. The number of carbonyl (C=O) groups is 1. The molecule has 1 aliphatic rings. The van der Waals surface area contributed by atoms with Crippen molar-refractivity contribution in [3.05, 3.63) is 95.6 Å². The number of nitrogens with one attached hydrogen (secondary N) is 1. The van der Waals surface area contributed by atoms with Crippen molar-refractivity contribution >= 4 is 18.5 Å². The van der Waals surface area contributed by atoms with E-state index in [9.17, 15) is 9.90 Å². The quantitative estimate of drug-likeness (QED) is 0.565. The minimum absolute atomic E-state index is 0. The Morgan fingerprint density at radius 3 is 2.07 bits per heavy atom. The number of hydrogen-bond acceptors (Lipinski definition) is 3. The van der Waals surface area contributed by atoms with Gasteiger partial charge in [-0.15, -0.1) is 12.4 Å². The number of aliphatic hydroxyl groups excluding tert-OH is 1. The van der Waals surface area contributed by atoms with Crippen LogP contribution in [0.4, 0.5) is 4.79 Å². The van der Waals surface area contributed by atoms with Gasteiger partial charge in [-0.1, -0.05) is 78.9 Å². The summed E-state index contributed by atoms with van der Waals surface area (Å²) >= 11 is 0. The number of hydrogen-bond donors (Lipinski definition) is 2. The van der Waals surface area contributed by atoms with Crippen LogP contribution < -0.4 is 5.32 Å². The third kappa shape index (κ3) is 4.84. The van der Waals surface area contributed by atoms with Gasteiger partial charge in [0.25, 0.3) is 0 Å². The van der Waals surface area contributed by atoms with Crippen LogP contribution in [0.2, 0.25) is 0 Å². The van der Waals surface area contributed by atoms with E-state index in [1.807, 2.05) is 54.6 Å². The van der Waals surface area contributed by atoms with Crippen molar-refractivity contribution in [2.24, 2.45) is 0 Å². The van der Waals surface area contributed by atoms with Gasteiger partial charge in [0, 0.05) is 5.92 Å². The van der Waals surface area contributed by atoms with Gasteiger partial charge in [0.2, 0.25) is 0 Å². The zero-order chi connectivity index (χ0) is 20.1. The molecule has 0 aliphatic heterocycles. The maximum atomic E-state index is 12.4. The SMILES string of the molecule is Cl.O=C(N[C@@H](CO)CCc1ccccc1)OCC1c2ccccc2-c2ccccc21. The average Bonchev–Trinajstić information content (AvgIpc) is 3.09. The second-order valence-corrected chi connectivity index (χ2v) is 7.37. The number of alkyl carbamates (subject to hydrolysis) is 1. The van der Waals surface area contributed by atoms with Crippen LogP contribution in [0.15, 0.2) is 78.9 Å². The third-order valence-electron chi connectivity index (χ3n) is 5.51. The summed E-state index contributed by atoms with van der Waals surface area (Å²) in [6.07, 6.45) is 0.958. The molecule has 3 aromatic carbocycles. The van der Waals surface area contributed by atoms with Crippen LogP contribution in [-0.4, -0.2) is 30.5 Å². The molecule has 0 saturated carbocycles. The first-order valence-corrected chi connectivity index (χ1v) is 10.0. The molecule has 2 N–H and O–H groups in total. The second kappa shape index (κ2) is 10.3. The number of aliphatic hydroxyl groups is 1. The van der Waals surface area contributed by atoms with E-state index in [1.165, 1.54) is 27.8 Å². The van der Waals surface area contributed by atoms with Crippen molar-refractivity contribution in [3.63, 3.8) is 0 Å². The van der Waals surface area contributed by atoms with Gasteiger partial charge in [0.1, 0.15) is 6.61 Å². The van der Waals surface area contributed by atoms with Crippen molar-refractivity contribution < 1.29 is 14.6 Å². The first-order valence-electron chi connectivity index (χ1n) is 10.0. The summed E-state index contributed by atoms with van der Waals surface area (Å²) in [5.74, 6) is 0.0324. The molecule has 4 rings (SSSR count). The molecule has 1 amide bonds. The summed E-state index contributed by atoms with van der Waals surface area (Å²) in [4.78, 5) is 12.4. The fraction of sp³-hybridized carbons (Fsp3) is 0.240. The molecule has 4 nitrogen and oxygen atoms in total. The Morgan fingerprint density at radius 1 is 0.900 bits per heavy atom. The highest BCUT2D eigenvalue weighted by Gasteiger charge is 2.29. The topological polar surface area (TPSA) is 58.6 Å². The monoisotopic (exact) mass is 423 g/mol. The van der Waals surface area contributed by atoms with Crippen LogP contribution in [0.5, 0.6) is 0 Å². The maximum absolute atomic E-state index is 12.4. The fourth-order valence-corrected chi connectivity index (χ4v) is 4.00. The Morgan fingerprint density at radius 2 is 1.47 bits per heavy atom. The molecule has 0 saturated heterocycles. The summed E-state index contributed by atoms with van der Waals surface area (Å²) in [5, 5.41) is 12.4. The predicted molar refractivity (Wildman–Crippen MR) is 121 cm³/mol. The first-order chi connectivity index (χ1) is 14.3. The van der Waals surface area contributed by atoms with E-state index in [-0.39, 0.29) is 37.6 Å². The summed E-state index contributed by atoms with van der Waals surface area (Å²) < 4.78 is 5.56. The van der Waals surface area contributed by atoms with E-state index < -0.39 is 6.09 Å². The van der Waals surface area contributed by atoms with Crippen LogP contribution in [0, 0.1) is 0 Å². The van der Waals surface area contributed by atoms with Gasteiger partial charge in [-0.3, -0.25) is 0 Å². The first kappa shape index (κ1) is 21.9. The van der Waals surface area contributed by atoms with Crippen molar-refractivity contribution in [2.75, 3.05) is 13.2 Å². The molecule has 0 bridgehead atoms. The maximum Gasteiger partial charge on any atom is 0.407 e.